The van der Waals surface area contributed by atoms with Crippen LogP contribution < -0.4 is 0 Å². The molecule has 12 heteroatoms. The molecule has 4 aliphatic rings. The molecule has 38 heavy (non-hydrogen) atoms. The Morgan fingerprint density at radius 3 is 1.34 bits per heavy atom. The Morgan fingerprint density at radius 1 is 0.605 bits per heavy atom. The zero-order chi connectivity index (χ0) is 27.1. The number of nitrogens with zero attached hydrogens (tertiary/aromatic N) is 4. The van der Waals surface area contributed by atoms with Gasteiger partial charge < -0.3 is 9.80 Å². The van der Waals surface area contributed by atoms with Crippen molar-refractivity contribution in [3.8, 4) is 0 Å². The van der Waals surface area contributed by atoms with Gasteiger partial charge in [-0.25, -0.2) is 0 Å². The predicted octanol–water partition coefficient (Wildman–Crippen LogP) is 4.28. The molecular weight excluding hydrogens is 561 g/mol. The molecule has 4 fully saturated rings. The van der Waals surface area contributed by atoms with E-state index in [9.17, 15) is 19.2 Å². The number of hydrogen-bond donors (Lipinski definition) is 0. The summed E-state index contributed by atoms with van der Waals surface area (Å²) in [6, 6.07) is 0. The molecule has 0 aromatic heterocycles. The van der Waals surface area contributed by atoms with Gasteiger partial charge in [0.15, 0.2) is 0 Å². The summed E-state index contributed by atoms with van der Waals surface area (Å²) in [7, 11) is 0. The number of unbranched alkanes of at least 4 members (excludes halogenated alkanes) is 4. The van der Waals surface area contributed by atoms with E-state index in [2.05, 4.69) is 0 Å². The largest absolute Gasteiger partial charge is 0.343 e. The number of likely N-dealkylation sites (tertiary alicyclic amines) is 2. The molecule has 0 N–H and O–H groups in total. The first-order chi connectivity index (χ1) is 18.4. The highest BCUT2D eigenvalue weighted by molar-refractivity contribution is 8.29. The van der Waals surface area contributed by atoms with Crippen LogP contribution in [-0.2, 0) is 19.2 Å². The molecule has 0 aromatic rings. The van der Waals surface area contributed by atoms with Crippen molar-refractivity contribution >= 4 is 80.2 Å². The lowest BCUT2D eigenvalue weighted by atomic mass is 10.1. The second kappa shape index (κ2) is 14.2. The van der Waals surface area contributed by atoms with E-state index in [4.69, 9.17) is 24.4 Å². The van der Waals surface area contributed by atoms with Crippen LogP contribution >= 0.6 is 48.0 Å². The van der Waals surface area contributed by atoms with Crippen molar-refractivity contribution in [3.05, 3.63) is 9.81 Å². The first-order valence-electron chi connectivity index (χ1n) is 13.7. The third-order valence-electron chi connectivity index (χ3n) is 7.37. The summed E-state index contributed by atoms with van der Waals surface area (Å²) in [6.45, 7) is 4.48. The number of carbonyl (C=O) groups is 4. The summed E-state index contributed by atoms with van der Waals surface area (Å²) in [4.78, 5) is 58.4. The van der Waals surface area contributed by atoms with Gasteiger partial charge in [0, 0.05) is 52.1 Å². The molecule has 0 atom stereocenters. The van der Waals surface area contributed by atoms with E-state index in [1.165, 1.54) is 23.5 Å². The van der Waals surface area contributed by atoms with Crippen molar-refractivity contribution in [2.45, 2.75) is 77.0 Å². The topological polar surface area (TPSA) is 81.2 Å². The third-order valence-corrected chi connectivity index (χ3v) is 10.4. The standard InChI is InChI=1S/C26H36N4O4S4/c31-19(27-13-7-8-14-27)11-3-1-5-17-29-23(33)21(37-25(29)35)22-24(34)30(26(36)38-22)18-6-2-4-12-20(32)28-15-9-10-16-28/h1-18H2. The van der Waals surface area contributed by atoms with Gasteiger partial charge in [-0.1, -0.05) is 60.8 Å². The number of rotatable bonds is 12. The van der Waals surface area contributed by atoms with Crippen molar-refractivity contribution < 1.29 is 19.2 Å². The van der Waals surface area contributed by atoms with Crippen molar-refractivity contribution in [2.75, 3.05) is 39.3 Å². The quantitative estimate of drug-likeness (QED) is 0.188. The third kappa shape index (κ3) is 7.37. The first-order valence-corrected chi connectivity index (χ1v) is 16.2. The van der Waals surface area contributed by atoms with Crippen molar-refractivity contribution in [2.24, 2.45) is 0 Å². The minimum atomic E-state index is -0.228. The van der Waals surface area contributed by atoms with Crippen LogP contribution in [0.2, 0.25) is 0 Å². The molecule has 0 bridgehead atoms. The SMILES string of the molecule is O=C(CCCCCN1C(=O)C(=C2SC(=S)N(CCCCCC(=O)N3CCCC3)C2=O)SC1=S)N1CCCC1. The van der Waals surface area contributed by atoms with Gasteiger partial charge >= 0.3 is 0 Å². The summed E-state index contributed by atoms with van der Waals surface area (Å²) in [5, 5.41) is 0. The van der Waals surface area contributed by atoms with Crippen LogP contribution in [0.4, 0.5) is 0 Å². The summed E-state index contributed by atoms with van der Waals surface area (Å²) >= 11 is 13.3. The van der Waals surface area contributed by atoms with Crippen LogP contribution in [0.25, 0.3) is 0 Å². The summed E-state index contributed by atoms with van der Waals surface area (Å²) in [5.41, 5.74) is 0. The maximum absolute atomic E-state index is 13.1. The summed E-state index contributed by atoms with van der Waals surface area (Å²) in [6.07, 6.45) is 10.3. The fourth-order valence-electron chi connectivity index (χ4n) is 5.15. The molecule has 0 aliphatic carbocycles. The lowest BCUT2D eigenvalue weighted by molar-refractivity contribution is -0.131. The van der Waals surface area contributed by atoms with Crippen molar-refractivity contribution in [3.63, 3.8) is 0 Å². The zero-order valence-corrected chi connectivity index (χ0v) is 25.0. The van der Waals surface area contributed by atoms with E-state index in [0.717, 1.165) is 90.4 Å². The van der Waals surface area contributed by atoms with Gasteiger partial charge in [-0.2, -0.15) is 0 Å². The predicted molar refractivity (Wildman–Crippen MR) is 159 cm³/mol. The molecule has 0 spiro atoms. The molecule has 4 amide bonds. The molecule has 0 saturated carbocycles. The van der Waals surface area contributed by atoms with Crippen molar-refractivity contribution in [1.82, 2.24) is 19.6 Å². The van der Waals surface area contributed by atoms with E-state index in [0.29, 0.717) is 44.4 Å². The van der Waals surface area contributed by atoms with E-state index >= 15 is 0 Å². The highest BCUT2D eigenvalue weighted by Crippen LogP contribution is 2.42. The van der Waals surface area contributed by atoms with Gasteiger partial charge in [0.1, 0.15) is 8.64 Å². The monoisotopic (exact) mass is 596 g/mol. The van der Waals surface area contributed by atoms with Gasteiger partial charge in [0.2, 0.25) is 11.8 Å². The maximum Gasteiger partial charge on any atom is 0.267 e. The van der Waals surface area contributed by atoms with E-state index < -0.39 is 0 Å². The Hall–Kier alpha value is -1.50. The average Bonchev–Trinajstić information content (AvgIpc) is 3.70. The smallest absolute Gasteiger partial charge is 0.267 e. The number of thioether (sulfide) groups is 2. The van der Waals surface area contributed by atoms with Gasteiger partial charge in [-0.3, -0.25) is 29.0 Å². The Balaban J connectivity index is 1.19. The minimum absolute atomic E-state index is 0.228. The maximum atomic E-state index is 13.1. The average molecular weight is 597 g/mol. The zero-order valence-electron chi connectivity index (χ0n) is 21.8. The molecule has 208 valence electrons. The molecule has 4 aliphatic heterocycles. The van der Waals surface area contributed by atoms with Crippen LogP contribution in [0.3, 0.4) is 0 Å². The van der Waals surface area contributed by atoms with Gasteiger partial charge in [-0.15, -0.1) is 0 Å². The number of carbonyl (C=O) groups excluding carboxylic acids is 4. The normalized spacial score (nSPS) is 22.1. The van der Waals surface area contributed by atoms with Gasteiger partial charge in [0.05, 0.1) is 9.81 Å². The Morgan fingerprint density at radius 2 is 0.974 bits per heavy atom. The molecule has 4 saturated heterocycles. The molecule has 0 unspecified atom stereocenters. The summed E-state index contributed by atoms with van der Waals surface area (Å²) in [5.74, 6) is -0.000416. The van der Waals surface area contributed by atoms with Gasteiger partial charge in [-0.05, 0) is 51.4 Å². The highest BCUT2D eigenvalue weighted by atomic mass is 32.2. The fraction of sp³-hybridized carbons (Fsp3) is 0.692. The van der Waals surface area contributed by atoms with Crippen LogP contribution in [0.15, 0.2) is 9.81 Å². The molecule has 4 rings (SSSR count). The van der Waals surface area contributed by atoms with E-state index in [1.54, 1.807) is 9.80 Å². The van der Waals surface area contributed by atoms with Crippen LogP contribution in [-0.4, -0.2) is 91.1 Å². The Bertz CT molecular complexity index is 927. The molecule has 4 heterocycles. The van der Waals surface area contributed by atoms with Crippen molar-refractivity contribution in [1.29, 1.82) is 0 Å². The molecule has 0 radical (unpaired) electrons. The Kier molecular flexibility index (Phi) is 11.0. The second-order valence-corrected chi connectivity index (χ2v) is 13.4. The fourth-order valence-corrected chi connectivity index (χ4v) is 7.92. The number of amides is 4. The molecule has 0 aromatic carbocycles. The molecule has 8 nitrogen and oxygen atoms in total. The minimum Gasteiger partial charge on any atom is -0.343 e. The first kappa shape index (κ1) is 29.5. The van der Waals surface area contributed by atoms with E-state index in [-0.39, 0.29) is 23.6 Å². The second-order valence-electron chi connectivity index (χ2n) is 10.1. The highest BCUT2D eigenvalue weighted by Gasteiger charge is 2.41. The Labute approximate surface area is 244 Å². The van der Waals surface area contributed by atoms with Gasteiger partial charge in [0.25, 0.3) is 11.8 Å². The van der Waals surface area contributed by atoms with Crippen LogP contribution in [0.5, 0.6) is 0 Å². The number of hydrogen-bond acceptors (Lipinski definition) is 8. The lowest BCUT2D eigenvalue weighted by Gasteiger charge is -2.16. The van der Waals surface area contributed by atoms with Crippen LogP contribution in [0.1, 0.15) is 77.0 Å². The summed E-state index contributed by atoms with van der Waals surface area (Å²) < 4.78 is 0.928. The molecular formula is C26H36N4O4S4. The lowest BCUT2D eigenvalue weighted by Crippen LogP contribution is -2.31. The van der Waals surface area contributed by atoms with E-state index in [1.807, 2.05) is 9.80 Å². The van der Waals surface area contributed by atoms with Crippen LogP contribution in [0, 0.1) is 0 Å². The number of thiocarbonyl (C=S) groups is 2.